The average Bonchev–Trinajstić information content (AvgIpc) is 2.38. The average molecular weight is 239 g/mol. The molecule has 1 aromatic carbocycles. The van der Waals surface area contributed by atoms with Crippen LogP contribution < -0.4 is 10.1 Å². The molecule has 3 N–H and O–H groups in total. The number of aliphatic hydroxyl groups is 2. The van der Waals surface area contributed by atoms with Crippen molar-refractivity contribution in [2.45, 2.75) is 18.9 Å². The van der Waals surface area contributed by atoms with Crippen molar-refractivity contribution >= 4 is 0 Å². The minimum Gasteiger partial charge on any atom is -0.497 e. The summed E-state index contributed by atoms with van der Waals surface area (Å²) >= 11 is 0. The maximum Gasteiger partial charge on any atom is 0.118 e. The van der Waals surface area contributed by atoms with Crippen LogP contribution >= 0.6 is 0 Å². The summed E-state index contributed by atoms with van der Waals surface area (Å²) in [5.41, 5.74) is 1.22. The third-order valence-corrected chi connectivity index (χ3v) is 2.70. The normalized spacial score (nSPS) is 12.4. The van der Waals surface area contributed by atoms with Crippen LogP contribution in [-0.2, 0) is 6.42 Å². The Kier molecular flexibility index (Phi) is 6.62. The van der Waals surface area contributed by atoms with E-state index in [9.17, 15) is 0 Å². The molecule has 0 spiro atoms. The van der Waals surface area contributed by atoms with E-state index < -0.39 is 0 Å². The van der Waals surface area contributed by atoms with Crippen molar-refractivity contribution in [2.75, 3.05) is 26.9 Å². The maximum absolute atomic E-state index is 9.03. The molecule has 0 fully saturated rings. The zero-order valence-electron chi connectivity index (χ0n) is 10.2. The van der Waals surface area contributed by atoms with E-state index in [0.717, 1.165) is 18.7 Å². The zero-order valence-corrected chi connectivity index (χ0v) is 10.2. The first-order valence-electron chi connectivity index (χ1n) is 5.88. The Hall–Kier alpha value is -1.10. The second-order valence-electron chi connectivity index (χ2n) is 3.94. The molecule has 0 aliphatic rings. The lowest BCUT2D eigenvalue weighted by Gasteiger charge is -2.14. The molecule has 1 atom stereocenters. The summed E-state index contributed by atoms with van der Waals surface area (Å²) in [6.45, 7) is 0.946. The summed E-state index contributed by atoms with van der Waals surface area (Å²) in [6.07, 6.45) is 1.48. The Morgan fingerprint density at radius 3 is 2.47 bits per heavy atom. The Morgan fingerprint density at radius 2 is 1.94 bits per heavy atom. The second-order valence-corrected chi connectivity index (χ2v) is 3.94. The largest absolute Gasteiger partial charge is 0.497 e. The number of methoxy groups -OCH3 is 1. The van der Waals surface area contributed by atoms with Gasteiger partial charge in [0, 0.05) is 12.6 Å². The van der Waals surface area contributed by atoms with Gasteiger partial charge in [0.2, 0.25) is 0 Å². The van der Waals surface area contributed by atoms with E-state index in [2.05, 4.69) is 5.32 Å². The molecule has 1 aromatic rings. The number of aliphatic hydroxyl groups excluding tert-OH is 2. The van der Waals surface area contributed by atoms with Crippen molar-refractivity contribution in [3.05, 3.63) is 29.8 Å². The molecule has 0 bridgehead atoms. The summed E-state index contributed by atoms with van der Waals surface area (Å²) < 4.78 is 5.08. The monoisotopic (exact) mass is 239 g/mol. The first kappa shape index (κ1) is 14.0. The summed E-state index contributed by atoms with van der Waals surface area (Å²) in [5.74, 6) is 0.857. The lowest BCUT2D eigenvalue weighted by atomic mass is 10.1. The van der Waals surface area contributed by atoms with Gasteiger partial charge < -0.3 is 20.3 Å². The number of rotatable bonds is 8. The number of hydrogen-bond acceptors (Lipinski definition) is 4. The second kappa shape index (κ2) is 8.06. The molecule has 96 valence electrons. The van der Waals surface area contributed by atoms with E-state index in [4.69, 9.17) is 14.9 Å². The number of benzene rings is 1. The van der Waals surface area contributed by atoms with E-state index in [1.807, 2.05) is 24.3 Å². The van der Waals surface area contributed by atoms with Gasteiger partial charge in [-0.3, -0.25) is 0 Å². The molecular formula is C13H21NO3. The zero-order chi connectivity index (χ0) is 12.5. The van der Waals surface area contributed by atoms with Crippen LogP contribution in [0.15, 0.2) is 24.3 Å². The van der Waals surface area contributed by atoms with Crippen molar-refractivity contribution < 1.29 is 14.9 Å². The third kappa shape index (κ3) is 5.17. The van der Waals surface area contributed by atoms with Gasteiger partial charge in [-0.2, -0.15) is 0 Å². The number of nitrogens with one attached hydrogen (secondary N) is 1. The Morgan fingerprint density at radius 1 is 1.24 bits per heavy atom. The van der Waals surface area contributed by atoms with Crippen LogP contribution in [0, 0.1) is 0 Å². The first-order valence-corrected chi connectivity index (χ1v) is 5.88. The predicted octanol–water partition coefficient (Wildman–Crippen LogP) is 0.571. The highest BCUT2D eigenvalue weighted by molar-refractivity contribution is 5.27. The number of hydrogen-bond donors (Lipinski definition) is 3. The molecule has 0 amide bonds. The molecular weight excluding hydrogens is 218 g/mol. The molecule has 0 aliphatic heterocycles. The Bertz CT molecular complexity index is 300. The minimum absolute atomic E-state index is 0.0155. The molecule has 0 saturated carbocycles. The molecule has 0 radical (unpaired) electrons. The van der Waals surface area contributed by atoms with E-state index in [1.165, 1.54) is 5.56 Å². The fourth-order valence-corrected chi connectivity index (χ4v) is 1.63. The molecule has 1 unspecified atom stereocenters. The van der Waals surface area contributed by atoms with Gasteiger partial charge in [0.05, 0.1) is 13.7 Å². The highest BCUT2D eigenvalue weighted by Gasteiger charge is 2.04. The molecule has 0 heterocycles. The topological polar surface area (TPSA) is 61.7 Å². The third-order valence-electron chi connectivity index (χ3n) is 2.70. The van der Waals surface area contributed by atoms with Crippen LogP contribution in [0.4, 0.5) is 0 Å². The highest BCUT2D eigenvalue weighted by Crippen LogP contribution is 2.11. The summed E-state index contributed by atoms with van der Waals surface area (Å²) in [6, 6.07) is 7.92. The Balaban J connectivity index is 2.29. The minimum atomic E-state index is -0.0155. The molecule has 0 saturated heterocycles. The molecule has 0 aliphatic carbocycles. The van der Waals surface area contributed by atoms with Gasteiger partial charge in [0.15, 0.2) is 0 Å². The lowest BCUT2D eigenvalue weighted by Crippen LogP contribution is -2.34. The lowest BCUT2D eigenvalue weighted by molar-refractivity contribution is 0.201. The number of ether oxygens (including phenoxy) is 1. The van der Waals surface area contributed by atoms with Crippen molar-refractivity contribution in [2.24, 2.45) is 0 Å². The summed E-state index contributed by atoms with van der Waals surface area (Å²) in [7, 11) is 1.65. The van der Waals surface area contributed by atoms with E-state index >= 15 is 0 Å². The van der Waals surface area contributed by atoms with Crippen LogP contribution in [-0.4, -0.2) is 43.1 Å². The summed E-state index contributed by atoms with van der Waals surface area (Å²) in [5, 5.41) is 21.0. The van der Waals surface area contributed by atoms with Crippen molar-refractivity contribution in [3.8, 4) is 5.75 Å². The van der Waals surface area contributed by atoms with Crippen molar-refractivity contribution in [1.29, 1.82) is 0 Å². The highest BCUT2D eigenvalue weighted by atomic mass is 16.5. The molecule has 17 heavy (non-hydrogen) atoms. The smallest absolute Gasteiger partial charge is 0.118 e. The van der Waals surface area contributed by atoms with E-state index in [-0.39, 0.29) is 19.3 Å². The van der Waals surface area contributed by atoms with Gasteiger partial charge >= 0.3 is 0 Å². The van der Waals surface area contributed by atoms with Gasteiger partial charge in [-0.15, -0.1) is 0 Å². The SMILES string of the molecule is COc1ccc(CCNC(CO)CCO)cc1. The predicted molar refractivity (Wildman–Crippen MR) is 67.3 cm³/mol. The molecule has 1 rings (SSSR count). The standard InChI is InChI=1S/C13H21NO3/c1-17-13-4-2-11(3-5-13)6-8-14-12(10-16)7-9-15/h2-5,12,14-16H,6-10H2,1H3. The molecule has 0 aromatic heterocycles. The van der Waals surface area contributed by atoms with Crippen molar-refractivity contribution in [1.82, 2.24) is 5.32 Å². The van der Waals surface area contributed by atoms with Crippen LogP contribution in [0.2, 0.25) is 0 Å². The van der Waals surface area contributed by atoms with E-state index in [0.29, 0.717) is 6.42 Å². The molecule has 4 heteroatoms. The van der Waals surface area contributed by atoms with Gasteiger partial charge in [-0.25, -0.2) is 0 Å². The fraction of sp³-hybridized carbons (Fsp3) is 0.538. The van der Waals surface area contributed by atoms with Gasteiger partial charge in [0.25, 0.3) is 0 Å². The molecule has 4 nitrogen and oxygen atoms in total. The van der Waals surface area contributed by atoms with Gasteiger partial charge in [-0.05, 0) is 37.1 Å². The van der Waals surface area contributed by atoms with Crippen LogP contribution in [0.5, 0.6) is 5.75 Å². The first-order chi connectivity index (χ1) is 8.30. The van der Waals surface area contributed by atoms with Crippen LogP contribution in [0.1, 0.15) is 12.0 Å². The fourth-order valence-electron chi connectivity index (χ4n) is 1.63. The van der Waals surface area contributed by atoms with E-state index in [1.54, 1.807) is 7.11 Å². The summed E-state index contributed by atoms with van der Waals surface area (Å²) in [4.78, 5) is 0. The Labute approximate surface area is 102 Å². The maximum atomic E-state index is 9.03. The van der Waals surface area contributed by atoms with Gasteiger partial charge in [-0.1, -0.05) is 12.1 Å². The van der Waals surface area contributed by atoms with Crippen LogP contribution in [0.3, 0.4) is 0 Å². The van der Waals surface area contributed by atoms with Crippen LogP contribution in [0.25, 0.3) is 0 Å². The quantitative estimate of drug-likeness (QED) is 0.620. The van der Waals surface area contributed by atoms with Gasteiger partial charge in [0.1, 0.15) is 5.75 Å². The van der Waals surface area contributed by atoms with Crippen molar-refractivity contribution in [3.63, 3.8) is 0 Å².